The second-order valence-electron chi connectivity index (χ2n) is 4.43. The van der Waals surface area contributed by atoms with E-state index in [2.05, 4.69) is 0 Å². The number of benzene rings is 2. The van der Waals surface area contributed by atoms with Crippen LogP contribution in [0.1, 0.15) is 15.9 Å². The Balaban J connectivity index is 2.33. The van der Waals surface area contributed by atoms with Crippen molar-refractivity contribution in [1.29, 1.82) is 0 Å². The van der Waals surface area contributed by atoms with Crippen LogP contribution in [0.3, 0.4) is 0 Å². The molecule has 0 atom stereocenters. The molecule has 0 aliphatic rings. The van der Waals surface area contributed by atoms with Gasteiger partial charge in [0.25, 0.3) is 0 Å². The number of aryl methyl sites for hydroxylation is 1. The van der Waals surface area contributed by atoms with Gasteiger partial charge in [0.2, 0.25) is 0 Å². The highest BCUT2D eigenvalue weighted by molar-refractivity contribution is 7.92. The molecule has 0 spiro atoms. The molecule has 0 saturated carbocycles. The minimum absolute atomic E-state index is 0.102. The van der Waals surface area contributed by atoms with Crippen LogP contribution in [0.15, 0.2) is 53.4 Å². The van der Waals surface area contributed by atoms with Crippen molar-refractivity contribution in [1.82, 2.24) is 0 Å². The van der Waals surface area contributed by atoms with Gasteiger partial charge in [0.15, 0.2) is 15.6 Å². The second-order valence-corrected chi connectivity index (χ2v) is 6.39. The summed E-state index contributed by atoms with van der Waals surface area (Å²) in [6.07, 6.45) is 0. The number of hydrogen-bond donors (Lipinski definition) is 0. The summed E-state index contributed by atoms with van der Waals surface area (Å²) in [5.74, 6) is -2.19. The number of hydrogen-bond acceptors (Lipinski definition) is 3. The van der Waals surface area contributed by atoms with Crippen LogP contribution in [0, 0.1) is 12.7 Å². The molecule has 5 heteroatoms. The van der Waals surface area contributed by atoms with Crippen LogP contribution in [0.2, 0.25) is 0 Å². The van der Waals surface area contributed by atoms with Crippen molar-refractivity contribution in [3.8, 4) is 0 Å². The van der Waals surface area contributed by atoms with Crippen LogP contribution >= 0.6 is 0 Å². The van der Waals surface area contributed by atoms with E-state index in [9.17, 15) is 17.6 Å². The number of Topliss-reactive ketones (excluding diaryl/α,β-unsaturated/α-hetero) is 1. The number of halogens is 1. The Labute approximate surface area is 117 Å². The highest BCUT2D eigenvalue weighted by atomic mass is 32.2. The first kappa shape index (κ1) is 14.4. The van der Waals surface area contributed by atoms with E-state index in [4.69, 9.17) is 0 Å². The maximum atomic E-state index is 13.5. The average molecular weight is 292 g/mol. The topological polar surface area (TPSA) is 51.2 Å². The molecule has 0 amide bonds. The monoisotopic (exact) mass is 292 g/mol. The Kier molecular flexibility index (Phi) is 3.99. The van der Waals surface area contributed by atoms with Gasteiger partial charge in [-0.15, -0.1) is 0 Å². The van der Waals surface area contributed by atoms with Crippen molar-refractivity contribution in [2.24, 2.45) is 0 Å². The fourth-order valence-corrected chi connectivity index (χ4v) is 3.42. The zero-order chi connectivity index (χ0) is 14.8. The number of carbonyl (C=O) groups is 1. The highest BCUT2D eigenvalue weighted by Gasteiger charge is 2.23. The Hall–Kier alpha value is -2.01. The van der Waals surface area contributed by atoms with E-state index in [1.54, 1.807) is 25.1 Å². The molecule has 2 aromatic rings. The fraction of sp³-hybridized carbons (Fsp3) is 0.133. The van der Waals surface area contributed by atoms with E-state index in [1.165, 1.54) is 24.3 Å². The van der Waals surface area contributed by atoms with Crippen molar-refractivity contribution < 1.29 is 17.6 Å². The van der Waals surface area contributed by atoms with Crippen LogP contribution < -0.4 is 0 Å². The van der Waals surface area contributed by atoms with Crippen LogP contribution in [0.25, 0.3) is 0 Å². The van der Waals surface area contributed by atoms with Crippen LogP contribution in [0.5, 0.6) is 0 Å². The van der Waals surface area contributed by atoms with Gasteiger partial charge >= 0.3 is 0 Å². The van der Waals surface area contributed by atoms with E-state index in [0.717, 1.165) is 6.07 Å². The maximum absolute atomic E-state index is 13.5. The van der Waals surface area contributed by atoms with Crippen molar-refractivity contribution in [3.05, 3.63) is 65.5 Å². The van der Waals surface area contributed by atoms with Gasteiger partial charge in [-0.25, -0.2) is 12.8 Å². The molecule has 0 aromatic heterocycles. The molecule has 3 nitrogen and oxygen atoms in total. The summed E-state index contributed by atoms with van der Waals surface area (Å²) in [5.41, 5.74) is 0.360. The predicted octanol–water partition coefficient (Wildman–Crippen LogP) is 2.79. The lowest BCUT2D eigenvalue weighted by atomic mass is 10.1. The normalized spacial score (nSPS) is 11.3. The molecule has 0 N–H and O–H groups in total. The van der Waals surface area contributed by atoms with Gasteiger partial charge in [0, 0.05) is 0 Å². The van der Waals surface area contributed by atoms with Gasteiger partial charge < -0.3 is 0 Å². The summed E-state index contributed by atoms with van der Waals surface area (Å²) in [5, 5.41) is 0. The van der Waals surface area contributed by atoms with E-state index in [1.807, 2.05) is 0 Å². The molecule has 104 valence electrons. The molecule has 0 heterocycles. The van der Waals surface area contributed by atoms with Gasteiger partial charge in [0.1, 0.15) is 11.6 Å². The quantitative estimate of drug-likeness (QED) is 0.814. The van der Waals surface area contributed by atoms with Crippen molar-refractivity contribution in [2.45, 2.75) is 11.8 Å². The molecule has 0 bridgehead atoms. The van der Waals surface area contributed by atoms with Gasteiger partial charge in [0.05, 0.1) is 10.5 Å². The minimum Gasteiger partial charge on any atom is -0.293 e. The maximum Gasteiger partial charge on any atom is 0.186 e. The van der Waals surface area contributed by atoms with Gasteiger partial charge in [-0.1, -0.05) is 30.3 Å². The van der Waals surface area contributed by atoms with E-state index in [-0.39, 0.29) is 10.5 Å². The molecular formula is C15H13FO3S. The molecule has 0 aliphatic heterocycles. The highest BCUT2D eigenvalue weighted by Crippen LogP contribution is 2.18. The first-order valence-electron chi connectivity index (χ1n) is 5.98. The Morgan fingerprint density at radius 2 is 1.65 bits per heavy atom. The Morgan fingerprint density at radius 1 is 1.05 bits per heavy atom. The molecule has 2 rings (SSSR count). The lowest BCUT2D eigenvalue weighted by Crippen LogP contribution is -2.18. The standard InChI is InChI=1S/C15H13FO3S/c1-11-6-2-5-9-15(11)20(18,19)10-14(17)12-7-3-4-8-13(12)16/h2-9H,10H2,1H3. The zero-order valence-electron chi connectivity index (χ0n) is 10.8. The van der Waals surface area contributed by atoms with E-state index < -0.39 is 27.2 Å². The van der Waals surface area contributed by atoms with Gasteiger partial charge in [-0.2, -0.15) is 0 Å². The summed E-state index contributed by atoms with van der Waals surface area (Å²) in [7, 11) is -3.77. The molecule has 0 fully saturated rings. The fourth-order valence-electron chi connectivity index (χ4n) is 1.92. The summed E-state index contributed by atoms with van der Waals surface area (Å²) in [6.45, 7) is 1.65. The summed E-state index contributed by atoms with van der Waals surface area (Å²) >= 11 is 0. The Bertz CT molecular complexity index is 751. The summed E-state index contributed by atoms with van der Waals surface area (Å²) < 4.78 is 37.9. The lowest BCUT2D eigenvalue weighted by molar-refractivity contribution is 0.101. The van der Waals surface area contributed by atoms with Crippen LogP contribution in [-0.2, 0) is 9.84 Å². The number of ketones is 1. The van der Waals surface area contributed by atoms with E-state index in [0.29, 0.717) is 5.56 Å². The SMILES string of the molecule is Cc1ccccc1S(=O)(=O)CC(=O)c1ccccc1F. The third-order valence-corrected chi connectivity index (χ3v) is 4.69. The summed E-state index contributed by atoms with van der Waals surface area (Å²) in [4.78, 5) is 12.0. The van der Waals surface area contributed by atoms with Crippen LogP contribution in [-0.4, -0.2) is 20.0 Å². The molecule has 0 radical (unpaired) electrons. The second kappa shape index (κ2) is 5.54. The van der Waals surface area contributed by atoms with Crippen molar-refractivity contribution in [2.75, 3.05) is 5.75 Å². The smallest absolute Gasteiger partial charge is 0.186 e. The van der Waals surface area contributed by atoms with Crippen LogP contribution in [0.4, 0.5) is 4.39 Å². The number of sulfone groups is 1. The van der Waals surface area contributed by atoms with Crippen molar-refractivity contribution >= 4 is 15.6 Å². The molecule has 0 aliphatic carbocycles. The predicted molar refractivity (Wildman–Crippen MR) is 74.0 cm³/mol. The third kappa shape index (κ3) is 2.93. The van der Waals surface area contributed by atoms with Crippen molar-refractivity contribution in [3.63, 3.8) is 0 Å². The molecule has 0 saturated heterocycles. The zero-order valence-corrected chi connectivity index (χ0v) is 11.7. The van der Waals surface area contributed by atoms with Gasteiger partial charge in [-0.05, 0) is 30.7 Å². The lowest BCUT2D eigenvalue weighted by Gasteiger charge is -2.07. The summed E-state index contributed by atoms with van der Waals surface area (Å²) in [6, 6.07) is 11.8. The third-order valence-electron chi connectivity index (χ3n) is 2.92. The average Bonchev–Trinajstić information content (AvgIpc) is 2.38. The largest absolute Gasteiger partial charge is 0.293 e. The first-order chi connectivity index (χ1) is 9.42. The Morgan fingerprint density at radius 3 is 2.30 bits per heavy atom. The number of rotatable bonds is 4. The molecular weight excluding hydrogens is 279 g/mol. The molecule has 20 heavy (non-hydrogen) atoms. The minimum atomic E-state index is -3.77. The first-order valence-corrected chi connectivity index (χ1v) is 7.63. The van der Waals surface area contributed by atoms with Gasteiger partial charge in [-0.3, -0.25) is 4.79 Å². The van der Waals surface area contributed by atoms with E-state index >= 15 is 0 Å². The molecule has 2 aromatic carbocycles. The molecule has 0 unspecified atom stereocenters. The number of carbonyl (C=O) groups excluding carboxylic acids is 1.